The molecule has 0 amide bonds. The fourth-order valence-corrected chi connectivity index (χ4v) is 6.48. The van der Waals surface area contributed by atoms with Gasteiger partial charge in [0.15, 0.2) is 11.6 Å². The lowest BCUT2D eigenvalue weighted by Crippen LogP contribution is -2.11. The first-order valence-electron chi connectivity index (χ1n) is 18.5. The van der Waals surface area contributed by atoms with Crippen LogP contribution in [0.2, 0.25) is 0 Å². The van der Waals surface area contributed by atoms with Crippen molar-refractivity contribution in [3.05, 3.63) is 66.7 Å². The molecule has 0 spiro atoms. The molecule has 7 nitrogen and oxygen atoms in total. The number of benzene rings is 4. The number of fused-ring (bicyclic) bond motifs is 3. The van der Waals surface area contributed by atoms with Crippen molar-refractivity contribution < 1.29 is 19.7 Å². The Morgan fingerprint density at radius 2 is 1.22 bits per heavy atom. The molecule has 0 aliphatic heterocycles. The summed E-state index contributed by atoms with van der Waals surface area (Å²) >= 11 is 0. The van der Waals surface area contributed by atoms with Crippen molar-refractivity contribution in [3.63, 3.8) is 0 Å². The summed E-state index contributed by atoms with van der Waals surface area (Å²) < 4.78 is 12.2. The minimum Gasteiger partial charge on any atom is -0.507 e. The van der Waals surface area contributed by atoms with E-state index in [1.807, 2.05) is 24.3 Å². The van der Waals surface area contributed by atoms with E-state index >= 15 is 0 Å². The zero-order valence-electron chi connectivity index (χ0n) is 29.6. The van der Waals surface area contributed by atoms with Gasteiger partial charge in [0.2, 0.25) is 0 Å². The molecule has 0 bridgehead atoms. The molecular weight excluding hydrogens is 610 g/mol. The molecule has 1 aromatic heterocycles. The molecule has 0 aliphatic carbocycles. The quantitative estimate of drug-likeness (QED) is 0.0631. The Kier molecular flexibility index (Phi) is 13.5. The Hall–Kier alpha value is -4.39. The van der Waals surface area contributed by atoms with E-state index < -0.39 is 0 Å². The molecule has 5 rings (SSSR count). The maximum absolute atomic E-state index is 11.2. The number of unbranched alkanes of at least 4 members (excludes halogenated alkanes) is 9. The minimum atomic E-state index is -0.165. The highest BCUT2D eigenvalue weighted by Gasteiger charge is 2.21. The van der Waals surface area contributed by atoms with Gasteiger partial charge in [0.05, 0.1) is 13.2 Å². The van der Waals surface area contributed by atoms with E-state index in [1.165, 1.54) is 57.1 Å². The van der Waals surface area contributed by atoms with Crippen molar-refractivity contribution in [2.45, 2.75) is 104 Å². The molecule has 1 unspecified atom stereocenters. The Morgan fingerprint density at radius 1 is 0.612 bits per heavy atom. The minimum absolute atomic E-state index is 0.118. The van der Waals surface area contributed by atoms with Crippen LogP contribution in [0, 0.1) is 5.92 Å². The standard InChI is InChI=1S/C42H53N3O4/c1-4-7-9-10-11-12-13-14-19-25-48-42-44-40(36-26-31-21-15-16-22-33(31)34-23-17-18-24-35(34)36)43-41(45-42)39-37(46)27-32(28-38(39)47)49-29-30(6-3)20-8-5-2/h15-18,21-24,26-28,30,46-47H,4-14,19-20,25,29H2,1-3H3. The van der Waals surface area contributed by atoms with Crippen LogP contribution in [0.25, 0.3) is 44.3 Å². The van der Waals surface area contributed by atoms with Crippen molar-refractivity contribution in [1.29, 1.82) is 0 Å². The van der Waals surface area contributed by atoms with Crippen LogP contribution in [0.5, 0.6) is 23.3 Å². The second-order valence-corrected chi connectivity index (χ2v) is 13.2. The second kappa shape index (κ2) is 18.4. The van der Waals surface area contributed by atoms with Crippen molar-refractivity contribution in [2.24, 2.45) is 5.92 Å². The molecule has 7 heteroatoms. The summed E-state index contributed by atoms with van der Waals surface area (Å²) in [5, 5.41) is 26.8. The molecule has 4 aromatic carbocycles. The number of rotatable bonds is 20. The zero-order chi connectivity index (χ0) is 34.4. The smallest absolute Gasteiger partial charge is 0.320 e. The summed E-state index contributed by atoms with van der Waals surface area (Å²) in [5.74, 6) is 1.04. The van der Waals surface area contributed by atoms with Gasteiger partial charge in [-0.05, 0) is 46.4 Å². The summed E-state index contributed by atoms with van der Waals surface area (Å²) in [7, 11) is 0. The first kappa shape index (κ1) is 35.9. The SMILES string of the molecule is CCCCCCCCCCCOc1nc(-c2c(O)cc(OCC(CC)CCCC)cc2O)nc(-c2cc3ccccc3c3ccccc23)n1. The highest BCUT2D eigenvalue weighted by Crippen LogP contribution is 2.41. The van der Waals surface area contributed by atoms with Crippen LogP contribution in [0.4, 0.5) is 0 Å². The summed E-state index contributed by atoms with van der Waals surface area (Å²) in [6.07, 6.45) is 15.3. The number of aromatic nitrogens is 3. The zero-order valence-corrected chi connectivity index (χ0v) is 29.6. The van der Waals surface area contributed by atoms with E-state index in [0.717, 1.165) is 65.6 Å². The highest BCUT2D eigenvalue weighted by molar-refractivity contribution is 6.13. The molecule has 49 heavy (non-hydrogen) atoms. The van der Waals surface area contributed by atoms with E-state index in [4.69, 9.17) is 19.4 Å². The van der Waals surface area contributed by atoms with E-state index in [9.17, 15) is 10.2 Å². The molecule has 0 aliphatic rings. The lowest BCUT2D eigenvalue weighted by Gasteiger charge is -2.17. The van der Waals surface area contributed by atoms with Crippen LogP contribution < -0.4 is 9.47 Å². The second-order valence-electron chi connectivity index (χ2n) is 13.2. The Morgan fingerprint density at radius 3 is 1.92 bits per heavy atom. The van der Waals surface area contributed by atoms with Crippen molar-refractivity contribution in [3.8, 4) is 46.0 Å². The topological polar surface area (TPSA) is 97.6 Å². The van der Waals surface area contributed by atoms with Crippen LogP contribution in [0.1, 0.15) is 104 Å². The van der Waals surface area contributed by atoms with Gasteiger partial charge in [-0.3, -0.25) is 0 Å². The average molecular weight is 664 g/mol. The van der Waals surface area contributed by atoms with Crippen LogP contribution in [0.3, 0.4) is 0 Å². The van der Waals surface area contributed by atoms with Gasteiger partial charge in [0.25, 0.3) is 0 Å². The van der Waals surface area contributed by atoms with E-state index in [0.29, 0.717) is 30.7 Å². The Balaban J connectivity index is 1.43. The maximum Gasteiger partial charge on any atom is 0.320 e. The summed E-state index contributed by atoms with van der Waals surface area (Å²) in [6, 6.07) is 21.8. The van der Waals surface area contributed by atoms with Gasteiger partial charge in [-0.15, -0.1) is 0 Å². The molecule has 1 heterocycles. The predicted octanol–water partition coefficient (Wildman–Crippen LogP) is 11.4. The van der Waals surface area contributed by atoms with E-state index in [-0.39, 0.29) is 28.9 Å². The van der Waals surface area contributed by atoms with Gasteiger partial charge in [-0.1, -0.05) is 140 Å². The number of hydrogen-bond donors (Lipinski definition) is 2. The molecule has 1 atom stereocenters. The highest BCUT2D eigenvalue weighted by atomic mass is 16.5. The van der Waals surface area contributed by atoms with Crippen molar-refractivity contribution in [2.75, 3.05) is 13.2 Å². The third kappa shape index (κ3) is 9.62. The number of phenols is 2. The molecule has 0 radical (unpaired) electrons. The lowest BCUT2D eigenvalue weighted by molar-refractivity contribution is 0.232. The summed E-state index contributed by atoms with van der Waals surface area (Å²) in [6.45, 7) is 7.59. The van der Waals surface area contributed by atoms with Crippen molar-refractivity contribution in [1.82, 2.24) is 15.0 Å². The third-order valence-electron chi connectivity index (χ3n) is 9.43. The van der Waals surface area contributed by atoms with Gasteiger partial charge in [-0.25, -0.2) is 4.98 Å². The first-order chi connectivity index (χ1) is 24.0. The predicted molar refractivity (Wildman–Crippen MR) is 201 cm³/mol. The molecule has 2 N–H and O–H groups in total. The number of hydrogen-bond acceptors (Lipinski definition) is 7. The number of aromatic hydroxyl groups is 2. The number of phenolic OH excluding ortho intramolecular Hbond substituents is 2. The largest absolute Gasteiger partial charge is 0.507 e. The van der Waals surface area contributed by atoms with Gasteiger partial charge in [0.1, 0.15) is 22.8 Å². The summed E-state index contributed by atoms with van der Waals surface area (Å²) in [4.78, 5) is 14.2. The van der Waals surface area contributed by atoms with Gasteiger partial charge < -0.3 is 19.7 Å². The Labute approximate surface area is 291 Å². The first-order valence-corrected chi connectivity index (χ1v) is 18.5. The lowest BCUT2D eigenvalue weighted by atomic mass is 9.97. The fraction of sp³-hybridized carbons (Fsp3) is 0.452. The molecule has 0 saturated carbocycles. The van der Waals surface area contributed by atoms with Gasteiger partial charge in [-0.2, -0.15) is 9.97 Å². The number of nitrogens with zero attached hydrogens (tertiary/aromatic N) is 3. The molecule has 5 aromatic rings. The molecule has 0 saturated heterocycles. The van der Waals surface area contributed by atoms with Crippen LogP contribution in [0.15, 0.2) is 66.7 Å². The fourth-order valence-electron chi connectivity index (χ4n) is 6.48. The van der Waals surface area contributed by atoms with Crippen LogP contribution in [-0.4, -0.2) is 38.4 Å². The van der Waals surface area contributed by atoms with Crippen LogP contribution >= 0.6 is 0 Å². The van der Waals surface area contributed by atoms with Crippen LogP contribution in [-0.2, 0) is 0 Å². The average Bonchev–Trinajstić information content (AvgIpc) is 3.12. The van der Waals surface area contributed by atoms with E-state index in [2.05, 4.69) is 56.1 Å². The molecule has 0 fully saturated rings. The maximum atomic E-state index is 11.2. The normalized spacial score (nSPS) is 12.1. The third-order valence-corrected chi connectivity index (χ3v) is 9.43. The number of ether oxygens (including phenoxy) is 2. The van der Waals surface area contributed by atoms with Gasteiger partial charge >= 0.3 is 6.01 Å². The molecule has 260 valence electrons. The Bertz CT molecular complexity index is 1770. The van der Waals surface area contributed by atoms with Gasteiger partial charge in [0, 0.05) is 17.7 Å². The van der Waals surface area contributed by atoms with Crippen molar-refractivity contribution >= 4 is 21.5 Å². The summed E-state index contributed by atoms with van der Waals surface area (Å²) in [5.41, 5.74) is 0.939. The van der Waals surface area contributed by atoms with E-state index in [1.54, 1.807) is 0 Å². The monoisotopic (exact) mass is 663 g/mol. The molecular formula is C42H53N3O4.